The van der Waals surface area contributed by atoms with Crippen molar-refractivity contribution in [2.24, 2.45) is 40.4 Å². The molecule has 2 nitrogen and oxygen atoms in total. The summed E-state index contributed by atoms with van der Waals surface area (Å²) in [4.78, 5) is 0. The van der Waals surface area contributed by atoms with Gasteiger partial charge < -0.3 is 10.2 Å². The molecule has 2 heteroatoms. The Morgan fingerprint density at radius 3 is 2.48 bits per heavy atom. The van der Waals surface area contributed by atoms with E-state index in [1.807, 2.05) is 0 Å². The molecular weight excluding hydrogens is 284 g/mol. The summed E-state index contributed by atoms with van der Waals surface area (Å²) in [6.07, 6.45) is 11.0. The average Bonchev–Trinajstić information content (AvgIpc) is 2.87. The van der Waals surface area contributed by atoms with Gasteiger partial charge in [-0.05, 0) is 86.4 Å². The standard InChI is InChI=1S/C21H34O2/c1-4-13-6-8-17-16-7-5-14-11-15(22)9-10-20(14,2)18(16)12-19(23)21(13,17)3/h4,13-19,22-23H,1,5-12H2,2-3H3/t13-,14?,15?,16-,17-,18-,19?,20-,21+/m0/s1. The Hall–Kier alpha value is -0.340. The highest BCUT2D eigenvalue weighted by atomic mass is 16.3. The van der Waals surface area contributed by atoms with Crippen LogP contribution in [0.25, 0.3) is 0 Å². The molecule has 0 aromatic rings. The lowest BCUT2D eigenvalue weighted by Crippen LogP contribution is -2.58. The Kier molecular flexibility index (Phi) is 3.74. The van der Waals surface area contributed by atoms with E-state index in [1.165, 1.54) is 25.7 Å². The van der Waals surface area contributed by atoms with Gasteiger partial charge in [0.25, 0.3) is 0 Å². The van der Waals surface area contributed by atoms with E-state index in [1.54, 1.807) is 0 Å². The molecule has 4 aliphatic carbocycles. The van der Waals surface area contributed by atoms with Crippen molar-refractivity contribution >= 4 is 0 Å². The molecule has 4 aliphatic rings. The Bertz CT molecular complexity index is 488. The third-order valence-electron chi connectivity index (χ3n) is 9.10. The number of hydrogen-bond acceptors (Lipinski definition) is 2. The lowest BCUT2D eigenvalue weighted by Gasteiger charge is -2.62. The van der Waals surface area contributed by atoms with Crippen molar-refractivity contribution in [3.05, 3.63) is 12.7 Å². The molecule has 4 fully saturated rings. The molecule has 130 valence electrons. The quantitative estimate of drug-likeness (QED) is 0.713. The molecule has 0 radical (unpaired) electrons. The summed E-state index contributed by atoms with van der Waals surface area (Å²) in [5, 5.41) is 21.2. The second-order valence-electron chi connectivity index (χ2n) is 9.62. The predicted octanol–water partition coefficient (Wildman–Crippen LogP) is 4.16. The molecule has 0 amide bonds. The maximum atomic E-state index is 11.1. The van der Waals surface area contributed by atoms with Gasteiger partial charge in [-0.15, -0.1) is 6.58 Å². The van der Waals surface area contributed by atoms with Gasteiger partial charge in [0.1, 0.15) is 0 Å². The highest BCUT2D eigenvalue weighted by molar-refractivity contribution is 5.14. The minimum Gasteiger partial charge on any atom is -0.393 e. The third-order valence-corrected chi connectivity index (χ3v) is 9.10. The molecule has 23 heavy (non-hydrogen) atoms. The van der Waals surface area contributed by atoms with E-state index < -0.39 is 0 Å². The van der Waals surface area contributed by atoms with Gasteiger partial charge >= 0.3 is 0 Å². The summed E-state index contributed by atoms with van der Waals surface area (Å²) in [6, 6.07) is 0. The van der Waals surface area contributed by atoms with Gasteiger partial charge in [-0.25, -0.2) is 0 Å². The fraction of sp³-hybridized carbons (Fsp3) is 0.905. The molecule has 9 atom stereocenters. The van der Waals surface area contributed by atoms with Crippen LogP contribution in [0.5, 0.6) is 0 Å². The Balaban J connectivity index is 1.66. The first-order valence-electron chi connectivity index (χ1n) is 9.90. The van der Waals surface area contributed by atoms with Crippen LogP contribution in [-0.4, -0.2) is 22.4 Å². The maximum absolute atomic E-state index is 11.1. The summed E-state index contributed by atoms with van der Waals surface area (Å²) in [5.74, 6) is 3.27. The lowest BCUT2D eigenvalue weighted by atomic mass is 9.44. The van der Waals surface area contributed by atoms with Gasteiger partial charge in [-0.2, -0.15) is 0 Å². The zero-order valence-corrected chi connectivity index (χ0v) is 14.9. The molecule has 0 aromatic heterocycles. The van der Waals surface area contributed by atoms with Gasteiger partial charge in [0, 0.05) is 5.41 Å². The fourth-order valence-corrected chi connectivity index (χ4v) is 7.63. The second kappa shape index (κ2) is 5.33. The van der Waals surface area contributed by atoms with Crippen molar-refractivity contribution in [2.75, 3.05) is 0 Å². The summed E-state index contributed by atoms with van der Waals surface area (Å²) in [7, 11) is 0. The van der Waals surface area contributed by atoms with Gasteiger partial charge in [0.05, 0.1) is 12.2 Å². The van der Waals surface area contributed by atoms with Crippen LogP contribution in [-0.2, 0) is 0 Å². The first-order chi connectivity index (χ1) is 10.9. The zero-order chi connectivity index (χ0) is 16.4. The van der Waals surface area contributed by atoms with Crippen molar-refractivity contribution < 1.29 is 10.2 Å². The molecule has 4 rings (SSSR count). The molecule has 0 aromatic carbocycles. The topological polar surface area (TPSA) is 40.5 Å². The van der Waals surface area contributed by atoms with Gasteiger partial charge in [-0.1, -0.05) is 19.9 Å². The minimum absolute atomic E-state index is 0.0558. The third kappa shape index (κ3) is 2.07. The van der Waals surface area contributed by atoms with Crippen molar-refractivity contribution in [1.29, 1.82) is 0 Å². The highest BCUT2D eigenvalue weighted by Gasteiger charge is 2.62. The first-order valence-corrected chi connectivity index (χ1v) is 9.90. The van der Waals surface area contributed by atoms with E-state index in [4.69, 9.17) is 0 Å². The van der Waals surface area contributed by atoms with Crippen LogP contribution in [0.1, 0.15) is 65.2 Å². The van der Waals surface area contributed by atoms with Gasteiger partial charge in [-0.3, -0.25) is 0 Å². The molecule has 0 saturated heterocycles. The van der Waals surface area contributed by atoms with E-state index in [9.17, 15) is 10.2 Å². The van der Waals surface area contributed by atoms with Crippen molar-refractivity contribution in [3.63, 3.8) is 0 Å². The van der Waals surface area contributed by atoms with Crippen LogP contribution < -0.4 is 0 Å². The van der Waals surface area contributed by atoms with Crippen molar-refractivity contribution in [1.82, 2.24) is 0 Å². The second-order valence-corrected chi connectivity index (χ2v) is 9.62. The van der Waals surface area contributed by atoms with Crippen LogP contribution in [0.15, 0.2) is 12.7 Å². The lowest BCUT2D eigenvalue weighted by molar-refractivity contribution is -0.167. The monoisotopic (exact) mass is 318 g/mol. The minimum atomic E-state index is -0.179. The Morgan fingerprint density at radius 2 is 1.74 bits per heavy atom. The Morgan fingerprint density at radius 1 is 0.957 bits per heavy atom. The van der Waals surface area contributed by atoms with Crippen LogP contribution in [0.3, 0.4) is 0 Å². The number of aliphatic hydroxyl groups excluding tert-OH is 2. The molecule has 2 N–H and O–H groups in total. The maximum Gasteiger partial charge on any atom is 0.0605 e. The van der Waals surface area contributed by atoms with Crippen LogP contribution in [0.2, 0.25) is 0 Å². The van der Waals surface area contributed by atoms with Crippen LogP contribution >= 0.6 is 0 Å². The van der Waals surface area contributed by atoms with Gasteiger partial charge in [0.15, 0.2) is 0 Å². The normalized spacial score (nSPS) is 58.9. The molecule has 0 spiro atoms. The van der Waals surface area contributed by atoms with Gasteiger partial charge in [0.2, 0.25) is 0 Å². The highest BCUT2D eigenvalue weighted by Crippen LogP contribution is 2.67. The average molecular weight is 319 g/mol. The SMILES string of the molecule is C=C[C@H]1CC[C@H]2[C@@H]3CCC4CC(O)CC[C@]4(C)[C@H]3CC(O)[C@]12C. The summed E-state index contributed by atoms with van der Waals surface area (Å²) in [6.45, 7) is 8.89. The number of hydrogen-bond donors (Lipinski definition) is 2. The molecule has 0 aliphatic heterocycles. The number of allylic oxidation sites excluding steroid dienone is 1. The van der Waals surface area contributed by atoms with E-state index >= 15 is 0 Å². The predicted molar refractivity (Wildman–Crippen MR) is 92.8 cm³/mol. The molecular formula is C21H34O2. The summed E-state index contributed by atoms with van der Waals surface area (Å²) in [5.41, 5.74) is 0.400. The van der Waals surface area contributed by atoms with Crippen LogP contribution in [0, 0.1) is 40.4 Å². The summed E-state index contributed by atoms with van der Waals surface area (Å²) < 4.78 is 0. The Labute approximate surface area is 141 Å². The molecule has 4 saturated carbocycles. The van der Waals surface area contributed by atoms with E-state index in [2.05, 4.69) is 26.5 Å². The van der Waals surface area contributed by atoms with Crippen molar-refractivity contribution in [3.8, 4) is 0 Å². The van der Waals surface area contributed by atoms with E-state index in [0.29, 0.717) is 29.1 Å². The number of fused-ring (bicyclic) bond motifs is 5. The van der Waals surface area contributed by atoms with Crippen molar-refractivity contribution in [2.45, 2.75) is 77.4 Å². The summed E-state index contributed by atoms with van der Waals surface area (Å²) >= 11 is 0. The fourth-order valence-electron chi connectivity index (χ4n) is 7.63. The van der Waals surface area contributed by atoms with E-state index in [0.717, 1.165) is 31.6 Å². The largest absolute Gasteiger partial charge is 0.393 e. The zero-order valence-electron chi connectivity index (χ0n) is 14.9. The first kappa shape index (κ1) is 16.1. The van der Waals surface area contributed by atoms with Crippen LogP contribution in [0.4, 0.5) is 0 Å². The molecule has 3 unspecified atom stereocenters. The molecule has 0 heterocycles. The number of aliphatic hydroxyl groups is 2. The molecule has 0 bridgehead atoms. The van der Waals surface area contributed by atoms with E-state index in [-0.39, 0.29) is 17.6 Å². The number of rotatable bonds is 1. The smallest absolute Gasteiger partial charge is 0.0605 e.